The number of hydrazone groups is 1. The summed E-state index contributed by atoms with van der Waals surface area (Å²) in [5.41, 5.74) is 5.30. The molecular formula is C16H16N2O. The lowest BCUT2D eigenvalue weighted by Gasteiger charge is -2.02. The van der Waals surface area contributed by atoms with Gasteiger partial charge in [0.15, 0.2) is 0 Å². The number of nitrogens with one attached hydrogen (secondary N) is 1. The minimum Gasteiger partial charge on any atom is -0.267 e. The first-order valence-electron chi connectivity index (χ1n) is 6.19. The van der Waals surface area contributed by atoms with Crippen LogP contribution in [0.25, 0.3) is 0 Å². The maximum Gasteiger partial charge on any atom is 0.271 e. The van der Waals surface area contributed by atoms with Crippen molar-refractivity contribution in [1.82, 2.24) is 5.43 Å². The average Bonchev–Trinajstić information content (AvgIpc) is 2.45. The fourth-order valence-electron chi connectivity index (χ4n) is 1.76. The molecule has 0 atom stereocenters. The van der Waals surface area contributed by atoms with Crippen molar-refractivity contribution in [2.75, 3.05) is 0 Å². The van der Waals surface area contributed by atoms with Crippen molar-refractivity contribution in [3.63, 3.8) is 0 Å². The zero-order valence-corrected chi connectivity index (χ0v) is 10.8. The normalized spacial score (nSPS) is 10.6. The number of aryl methyl sites for hydroxylation is 1. The third kappa shape index (κ3) is 3.78. The third-order valence-electron chi connectivity index (χ3n) is 2.82. The molecule has 0 spiro atoms. The summed E-state index contributed by atoms with van der Waals surface area (Å²) < 4.78 is 0. The molecule has 0 aromatic heterocycles. The number of amides is 1. The van der Waals surface area contributed by atoms with Crippen LogP contribution in [-0.2, 0) is 6.42 Å². The molecule has 0 unspecified atom stereocenters. The Labute approximate surface area is 113 Å². The minimum absolute atomic E-state index is 0.178. The van der Waals surface area contributed by atoms with E-state index >= 15 is 0 Å². The van der Waals surface area contributed by atoms with Crippen molar-refractivity contribution in [2.24, 2.45) is 5.10 Å². The first kappa shape index (κ1) is 13.0. The summed E-state index contributed by atoms with van der Waals surface area (Å²) in [6.45, 7) is 1.91. The smallest absolute Gasteiger partial charge is 0.267 e. The van der Waals surface area contributed by atoms with E-state index in [-0.39, 0.29) is 5.91 Å². The maximum absolute atomic E-state index is 11.9. The van der Waals surface area contributed by atoms with Crippen molar-refractivity contribution in [3.8, 4) is 0 Å². The Morgan fingerprint density at radius 1 is 1.11 bits per heavy atom. The summed E-state index contributed by atoms with van der Waals surface area (Å²) in [5, 5.41) is 3.96. The summed E-state index contributed by atoms with van der Waals surface area (Å²) in [5.74, 6) is -0.178. The molecule has 1 N–H and O–H groups in total. The Morgan fingerprint density at radius 2 is 1.79 bits per heavy atom. The lowest BCUT2D eigenvalue weighted by molar-refractivity contribution is 0.0954. The number of nitrogens with zero attached hydrogens (tertiary/aromatic N) is 1. The van der Waals surface area contributed by atoms with Gasteiger partial charge in [-0.3, -0.25) is 4.79 Å². The van der Waals surface area contributed by atoms with Gasteiger partial charge in [0, 0.05) is 18.2 Å². The molecule has 0 aliphatic rings. The van der Waals surface area contributed by atoms with E-state index in [2.05, 4.69) is 10.5 Å². The zero-order valence-electron chi connectivity index (χ0n) is 10.8. The Kier molecular flexibility index (Phi) is 4.45. The number of hydrogen-bond donors (Lipinski definition) is 1. The summed E-state index contributed by atoms with van der Waals surface area (Å²) >= 11 is 0. The average molecular weight is 252 g/mol. The van der Waals surface area contributed by atoms with E-state index in [9.17, 15) is 4.79 Å². The molecule has 0 fully saturated rings. The molecule has 0 saturated heterocycles. The first-order valence-corrected chi connectivity index (χ1v) is 6.19. The molecule has 0 aliphatic carbocycles. The largest absolute Gasteiger partial charge is 0.271 e. The molecule has 3 nitrogen and oxygen atoms in total. The number of carbonyl (C=O) groups excluding carboxylic acids is 1. The van der Waals surface area contributed by atoms with Gasteiger partial charge in [0.2, 0.25) is 0 Å². The molecule has 0 aliphatic heterocycles. The third-order valence-corrected chi connectivity index (χ3v) is 2.82. The van der Waals surface area contributed by atoms with Crippen LogP contribution in [0.3, 0.4) is 0 Å². The van der Waals surface area contributed by atoms with Gasteiger partial charge in [0.05, 0.1) is 0 Å². The van der Waals surface area contributed by atoms with Gasteiger partial charge >= 0.3 is 0 Å². The van der Waals surface area contributed by atoms with Crippen LogP contribution in [0.1, 0.15) is 21.5 Å². The van der Waals surface area contributed by atoms with Gasteiger partial charge in [-0.25, -0.2) is 5.43 Å². The van der Waals surface area contributed by atoms with Crippen LogP contribution in [0.15, 0.2) is 59.7 Å². The summed E-state index contributed by atoms with van der Waals surface area (Å²) in [4.78, 5) is 11.9. The van der Waals surface area contributed by atoms with E-state index in [0.717, 1.165) is 11.1 Å². The fraction of sp³-hybridized carbons (Fsp3) is 0.125. The van der Waals surface area contributed by atoms with Gasteiger partial charge in [-0.1, -0.05) is 48.5 Å². The van der Waals surface area contributed by atoms with Gasteiger partial charge < -0.3 is 0 Å². The second-order valence-corrected chi connectivity index (χ2v) is 4.26. The quantitative estimate of drug-likeness (QED) is 0.659. The number of rotatable bonds is 4. The van der Waals surface area contributed by atoms with Crippen molar-refractivity contribution in [3.05, 3.63) is 71.3 Å². The van der Waals surface area contributed by atoms with Gasteiger partial charge in [-0.2, -0.15) is 5.10 Å². The Balaban J connectivity index is 1.89. The predicted molar refractivity (Wildman–Crippen MR) is 77.3 cm³/mol. The molecule has 0 bridgehead atoms. The van der Waals surface area contributed by atoms with Crippen LogP contribution >= 0.6 is 0 Å². The minimum atomic E-state index is -0.178. The van der Waals surface area contributed by atoms with Crippen LogP contribution in [0.4, 0.5) is 0 Å². The van der Waals surface area contributed by atoms with Gasteiger partial charge in [-0.05, 0) is 24.1 Å². The van der Waals surface area contributed by atoms with E-state index < -0.39 is 0 Å². The molecule has 96 valence electrons. The highest BCUT2D eigenvalue weighted by Gasteiger charge is 2.05. The molecule has 0 saturated carbocycles. The lowest BCUT2D eigenvalue weighted by Crippen LogP contribution is -2.18. The molecular weight excluding hydrogens is 236 g/mol. The topological polar surface area (TPSA) is 41.5 Å². The van der Waals surface area contributed by atoms with E-state index in [1.54, 1.807) is 12.3 Å². The SMILES string of the molecule is Cc1ccccc1C(=O)N/N=C/Cc1ccccc1. The van der Waals surface area contributed by atoms with Crippen molar-refractivity contribution >= 4 is 12.1 Å². The number of carbonyl (C=O) groups is 1. The second kappa shape index (κ2) is 6.50. The van der Waals surface area contributed by atoms with Gasteiger partial charge in [0.25, 0.3) is 5.91 Å². The van der Waals surface area contributed by atoms with Crippen LogP contribution < -0.4 is 5.43 Å². The highest BCUT2D eigenvalue weighted by atomic mass is 16.2. The van der Waals surface area contributed by atoms with Crippen molar-refractivity contribution in [1.29, 1.82) is 0 Å². The molecule has 2 aromatic rings. The summed E-state index contributed by atoms with van der Waals surface area (Å²) in [7, 11) is 0. The molecule has 3 heteroatoms. The van der Waals surface area contributed by atoms with E-state index in [4.69, 9.17) is 0 Å². The number of hydrogen-bond acceptors (Lipinski definition) is 2. The van der Waals surface area contributed by atoms with E-state index in [1.807, 2.05) is 55.5 Å². The standard InChI is InChI=1S/C16H16N2O/c1-13-7-5-6-10-15(13)16(19)18-17-12-11-14-8-3-2-4-9-14/h2-10,12H,11H2,1H3,(H,18,19)/b17-12+. The van der Waals surface area contributed by atoms with E-state index in [0.29, 0.717) is 12.0 Å². The van der Waals surface area contributed by atoms with E-state index in [1.165, 1.54) is 0 Å². The van der Waals surface area contributed by atoms with Crippen molar-refractivity contribution < 1.29 is 4.79 Å². The summed E-state index contributed by atoms with van der Waals surface area (Å²) in [6.07, 6.45) is 2.40. The monoisotopic (exact) mass is 252 g/mol. The first-order chi connectivity index (χ1) is 9.27. The highest BCUT2D eigenvalue weighted by Crippen LogP contribution is 2.06. The molecule has 2 aromatic carbocycles. The zero-order chi connectivity index (χ0) is 13.5. The Morgan fingerprint density at radius 3 is 2.53 bits per heavy atom. The van der Waals surface area contributed by atoms with Crippen molar-refractivity contribution in [2.45, 2.75) is 13.3 Å². The van der Waals surface area contributed by atoms with Gasteiger partial charge in [0.1, 0.15) is 0 Å². The van der Waals surface area contributed by atoms with Crippen LogP contribution in [0.2, 0.25) is 0 Å². The molecule has 0 radical (unpaired) electrons. The summed E-state index contributed by atoms with van der Waals surface area (Å²) in [6, 6.07) is 17.4. The van der Waals surface area contributed by atoms with Crippen LogP contribution in [-0.4, -0.2) is 12.1 Å². The maximum atomic E-state index is 11.9. The highest BCUT2D eigenvalue weighted by molar-refractivity contribution is 5.95. The van der Waals surface area contributed by atoms with Crippen LogP contribution in [0, 0.1) is 6.92 Å². The van der Waals surface area contributed by atoms with Crippen LogP contribution in [0.5, 0.6) is 0 Å². The molecule has 1 amide bonds. The molecule has 0 heterocycles. The molecule has 19 heavy (non-hydrogen) atoms. The second-order valence-electron chi connectivity index (χ2n) is 4.26. The Hall–Kier alpha value is -2.42. The molecule has 2 rings (SSSR count). The fourth-order valence-corrected chi connectivity index (χ4v) is 1.76. The van der Waals surface area contributed by atoms with Gasteiger partial charge in [-0.15, -0.1) is 0 Å². The number of benzene rings is 2. The Bertz CT molecular complexity index is 576. The predicted octanol–water partition coefficient (Wildman–Crippen LogP) is 2.95. The lowest BCUT2D eigenvalue weighted by atomic mass is 10.1.